The molecule has 0 saturated carbocycles. The quantitative estimate of drug-likeness (QED) is 0.645. The Labute approximate surface area is 87.6 Å². The molecular formula is C10H13N3O2. The molecule has 15 heavy (non-hydrogen) atoms. The zero-order valence-corrected chi connectivity index (χ0v) is 8.64. The lowest BCUT2D eigenvalue weighted by Crippen LogP contribution is -2.67. The molecule has 2 aliphatic rings. The Morgan fingerprint density at radius 1 is 1.53 bits per heavy atom. The fraction of sp³-hybridized carbons (Fsp3) is 0.600. The summed E-state index contributed by atoms with van der Waals surface area (Å²) in [5, 5.41) is 3.99. The van der Waals surface area contributed by atoms with E-state index in [1.165, 1.54) is 0 Å². The van der Waals surface area contributed by atoms with E-state index in [2.05, 4.69) is 5.10 Å². The standard InChI is InChI=1S/C10H13N3O2/c1-12-3-8(2-11-12)9(14)13-4-10(5-13)6-15-7-10/h2-3H,4-7H2,1H3. The van der Waals surface area contributed by atoms with Crippen molar-refractivity contribution in [3.8, 4) is 0 Å². The Bertz CT molecular complexity index is 401. The summed E-state index contributed by atoms with van der Waals surface area (Å²) >= 11 is 0. The number of nitrogens with zero attached hydrogens (tertiary/aromatic N) is 3. The monoisotopic (exact) mass is 207 g/mol. The molecule has 5 nitrogen and oxygen atoms in total. The van der Waals surface area contributed by atoms with Crippen molar-refractivity contribution >= 4 is 5.91 Å². The van der Waals surface area contributed by atoms with Crippen LogP contribution in [0.4, 0.5) is 0 Å². The highest BCUT2D eigenvalue weighted by Crippen LogP contribution is 2.37. The molecule has 3 rings (SSSR count). The first kappa shape index (κ1) is 8.91. The van der Waals surface area contributed by atoms with Crippen LogP contribution < -0.4 is 0 Å². The van der Waals surface area contributed by atoms with Gasteiger partial charge in [-0.05, 0) is 0 Å². The van der Waals surface area contributed by atoms with Gasteiger partial charge in [0, 0.05) is 26.3 Å². The molecule has 2 aliphatic heterocycles. The lowest BCUT2D eigenvalue weighted by Gasteiger charge is -2.54. The molecule has 2 saturated heterocycles. The van der Waals surface area contributed by atoms with Gasteiger partial charge in [0.2, 0.25) is 0 Å². The van der Waals surface area contributed by atoms with Crippen molar-refractivity contribution in [2.24, 2.45) is 12.5 Å². The topological polar surface area (TPSA) is 47.4 Å². The summed E-state index contributed by atoms with van der Waals surface area (Å²) < 4.78 is 6.81. The van der Waals surface area contributed by atoms with E-state index in [0.29, 0.717) is 5.56 Å². The van der Waals surface area contributed by atoms with Crippen LogP contribution in [0, 0.1) is 5.41 Å². The van der Waals surface area contributed by atoms with Crippen molar-refractivity contribution < 1.29 is 9.53 Å². The van der Waals surface area contributed by atoms with Crippen LogP contribution in [0.5, 0.6) is 0 Å². The Morgan fingerprint density at radius 3 is 2.73 bits per heavy atom. The molecule has 1 aromatic heterocycles. The third-order valence-corrected chi connectivity index (χ3v) is 3.11. The number of amides is 1. The summed E-state index contributed by atoms with van der Waals surface area (Å²) in [6, 6.07) is 0. The molecule has 0 radical (unpaired) electrons. The van der Waals surface area contributed by atoms with Gasteiger partial charge in [-0.3, -0.25) is 9.48 Å². The van der Waals surface area contributed by atoms with E-state index in [-0.39, 0.29) is 11.3 Å². The van der Waals surface area contributed by atoms with E-state index >= 15 is 0 Å². The van der Waals surface area contributed by atoms with E-state index in [9.17, 15) is 4.79 Å². The molecule has 1 amide bonds. The highest BCUT2D eigenvalue weighted by molar-refractivity contribution is 5.94. The molecule has 0 aromatic carbocycles. The lowest BCUT2D eigenvalue weighted by atomic mass is 9.78. The lowest BCUT2D eigenvalue weighted by molar-refractivity contribution is -0.176. The Hall–Kier alpha value is -1.36. The third-order valence-electron chi connectivity index (χ3n) is 3.11. The highest BCUT2D eigenvalue weighted by atomic mass is 16.5. The Morgan fingerprint density at radius 2 is 2.27 bits per heavy atom. The summed E-state index contributed by atoms with van der Waals surface area (Å²) in [7, 11) is 1.81. The van der Waals surface area contributed by atoms with E-state index < -0.39 is 0 Å². The number of aromatic nitrogens is 2. The van der Waals surface area contributed by atoms with Gasteiger partial charge in [-0.2, -0.15) is 5.10 Å². The number of carbonyl (C=O) groups excluding carboxylic acids is 1. The number of ether oxygens (including phenoxy) is 1. The molecular weight excluding hydrogens is 194 g/mol. The predicted octanol–water partition coefficient (Wildman–Crippen LogP) is -0.108. The van der Waals surface area contributed by atoms with E-state index in [4.69, 9.17) is 4.74 Å². The van der Waals surface area contributed by atoms with Crippen LogP contribution in [0.2, 0.25) is 0 Å². The van der Waals surface area contributed by atoms with E-state index in [0.717, 1.165) is 26.3 Å². The summed E-state index contributed by atoms with van der Waals surface area (Å²) in [4.78, 5) is 13.8. The molecule has 5 heteroatoms. The van der Waals surface area contributed by atoms with Gasteiger partial charge in [0.1, 0.15) is 0 Å². The van der Waals surface area contributed by atoms with Gasteiger partial charge in [-0.25, -0.2) is 0 Å². The third kappa shape index (κ3) is 1.26. The van der Waals surface area contributed by atoms with Crippen LogP contribution in [0.3, 0.4) is 0 Å². The minimum absolute atomic E-state index is 0.0839. The van der Waals surface area contributed by atoms with Crippen LogP contribution in [-0.2, 0) is 11.8 Å². The molecule has 3 heterocycles. The maximum absolute atomic E-state index is 11.9. The zero-order valence-electron chi connectivity index (χ0n) is 8.64. The minimum atomic E-state index is 0.0839. The van der Waals surface area contributed by atoms with E-state index in [1.54, 1.807) is 17.1 Å². The summed E-state index contributed by atoms with van der Waals surface area (Å²) in [6.07, 6.45) is 3.37. The SMILES string of the molecule is Cn1cc(C(=O)N2CC3(COC3)C2)cn1. The predicted molar refractivity (Wildman–Crippen MR) is 52.4 cm³/mol. The average molecular weight is 207 g/mol. The molecule has 0 unspecified atom stereocenters. The summed E-state index contributed by atoms with van der Waals surface area (Å²) in [6.45, 7) is 3.29. The molecule has 80 valence electrons. The number of hydrogen-bond acceptors (Lipinski definition) is 3. The van der Waals surface area contributed by atoms with Crippen molar-refractivity contribution in [2.75, 3.05) is 26.3 Å². The van der Waals surface area contributed by atoms with Gasteiger partial charge in [-0.1, -0.05) is 0 Å². The van der Waals surface area contributed by atoms with Crippen molar-refractivity contribution in [1.82, 2.24) is 14.7 Å². The van der Waals surface area contributed by atoms with Gasteiger partial charge in [0.05, 0.1) is 30.4 Å². The number of rotatable bonds is 1. The van der Waals surface area contributed by atoms with Gasteiger partial charge in [0.15, 0.2) is 0 Å². The van der Waals surface area contributed by atoms with Crippen molar-refractivity contribution in [2.45, 2.75) is 0 Å². The van der Waals surface area contributed by atoms with Crippen LogP contribution in [0.25, 0.3) is 0 Å². The van der Waals surface area contributed by atoms with Crippen LogP contribution in [0.1, 0.15) is 10.4 Å². The minimum Gasteiger partial charge on any atom is -0.380 e. The first-order valence-electron chi connectivity index (χ1n) is 5.04. The fourth-order valence-electron chi connectivity index (χ4n) is 2.19. The number of carbonyl (C=O) groups is 1. The molecule has 0 bridgehead atoms. The van der Waals surface area contributed by atoms with Gasteiger partial charge in [-0.15, -0.1) is 0 Å². The largest absolute Gasteiger partial charge is 0.380 e. The average Bonchev–Trinajstić information content (AvgIpc) is 2.46. The molecule has 0 atom stereocenters. The van der Waals surface area contributed by atoms with Crippen LogP contribution >= 0.6 is 0 Å². The van der Waals surface area contributed by atoms with Crippen LogP contribution in [0.15, 0.2) is 12.4 Å². The molecule has 0 N–H and O–H groups in total. The second-order valence-electron chi connectivity index (χ2n) is 4.56. The molecule has 1 aromatic rings. The molecule has 0 aliphatic carbocycles. The maximum atomic E-state index is 11.9. The fourth-order valence-corrected chi connectivity index (χ4v) is 2.19. The Kier molecular flexibility index (Phi) is 1.68. The summed E-state index contributed by atoms with van der Waals surface area (Å²) in [5.41, 5.74) is 0.963. The van der Waals surface area contributed by atoms with Gasteiger partial charge >= 0.3 is 0 Å². The van der Waals surface area contributed by atoms with Crippen molar-refractivity contribution in [3.05, 3.63) is 18.0 Å². The normalized spacial score (nSPS) is 22.3. The number of aryl methyl sites for hydroxylation is 1. The van der Waals surface area contributed by atoms with Gasteiger partial charge < -0.3 is 9.64 Å². The molecule has 1 spiro atoms. The zero-order chi connectivity index (χ0) is 10.5. The van der Waals surface area contributed by atoms with Gasteiger partial charge in [0.25, 0.3) is 5.91 Å². The number of hydrogen-bond donors (Lipinski definition) is 0. The molecule has 2 fully saturated rings. The van der Waals surface area contributed by atoms with Crippen LogP contribution in [-0.4, -0.2) is 46.9 Å². The first-order chi connectivity index (χ1) is 7.19. The van der Waals surface area contributed by atoms with Crippen molar-refractivity contribution in [3.63, 3.8) is 0 Å². The smallest absolute Gasteiger partial charge is 0.257 e. The first-order valence-corrected chi connectivity index (χ1v) is 5.04. The van der Waals surface area contributed by atoms with Crippen molar-refractivity contribution in [1.29, 1.82) is 0 Å². The van der Waals surface area contributed by atoms with E-state index in [1.807, 2.05) is 11.9 Å². The highest BCUT2D eigenvalue weighted by Gasteiger charge is 2.50. The second-order valence-corrected chi connectivity index (χ2v) is 4.56. The maximum Gasteiger partial charge on any atom is 0.257 e. The Balaban J connectivity index is 1.67. The number of likely N-dealkylation sites (tertiary alicyclic amines) is 1. The second kappa shape index (κ2) is 2.82. The summed E-state index contributed by atoms with van der Waals surface area (Å²) in [5.74, 6) is 0.0839.